The van der Waals surface area contributed by atoms with Gasteiger partial charge in [-0.15, -0.1) is 0 Å². The van der Waals surface area contributed by atoms with E-state index in [1.807, 2.05) is 6.07 Å². The molecule has 0 radical (unpaired) electrons. The smallest absolute Gasteiger partial charge is 0.340 e. The summed E-state index contributed by atoms with van der Waals surface area (Å²) in [4.78, 5) is 11.5. The van der Waals surface area contributed by atoms with Gasteiger partial charge in [-0.1, -0.05) is 11.6 Å². The molecule has 84 valence electrons. The number of ether oxygens (including phenoxy) is 1. The van der Waals surface area contributed by atoms with Crippen molar-refractivity contribution in [3.05, 3.63) is 28.8 Å². The molecule has 16 heavy (non-hydrogen) atoms. The van der Waals surface area contributed by atoms with Crippen LogP contribution in [0.25, 0.3) is 0 Å². The number of halogens is 1. The molecule has 0 saturated carbocycles. The number of carbonyl (C=O) groups is 1. The molecule has 0 aliphatic carbocycles. The third-order valence-electron chi connectivity index (χ3n) is 1.90. The monoisotopic (exact) mass is 238 g/mol. The second-order valence-corrected chi connectivity index (χ2v) is 3.57. The van der Waals surface area contributed by atoms with Crippen molar-refractivity contribution >= 4 is 23.3 Å². The van der Waals surface area contributed by atoms with Gasteiger partial charge in [-0.2, -0.15) is 5.26 Å². The van der Waals surface area contributed by atoms with Gasteiger partial charge in [0.15, 0.2) is 0 Å². The summed E-state index contributed by atoms with van der Waals surface area (Å²) in [5.41, 5.74) is 6.20. The average molecular weight is 239 g/mol. The van der Waals surface area contributed by atoms with Gasteiger partial charge >= 0.3 is 5.97 Å². The van der Waals surface area contributed by atoms with Crippen LogP contribution in [-0.2, 0) is 4.74 Å². The zero-order valence-electron chi connectivity index (χ0n) is 8.57. The third kappa shape index (κ3) is 3.44. The largest absolute Gasteiger partial charge is 0.462 e. The van der Waals surface area contributed by atoms with Gasteiger partial charge in [0.1, 0.15) is 0 Å². The number of hydrogen-bond acceptors (Lipinski definition) is 4. The first kappa shape index (κ1) is 12.3. The second kappa shape index (κ2) is 5.99. The summed E-state index contributed by atoms with van der Waals surface area (Å²) >= 11 is 5.70. The summed E-state index contributed by atoms with van der Waals surface area (Å²) in [6.07, 6.45) is 0.888. The SMILES string of the molecule is N#CCCCOC(=O)c1ccc(Cl)cc1N. The van der Waals surface area contributed by atoms with Crippen molar-refractivity contribution in [1.29, 1.82) is 5.26 Å². The van der Waals surface area contributed by atoms with Gasteiger partial charge in [-0.3, -0.25) is 0 Å². The van der Waals surface area contributed by atoms with Crippen LogP contribution in [0.15, 0.2) is 18.2 Å². The molecular formula is C11H11ClN2O2. The summed E-state index contributed by atoms with van der Waals surface area (Å²) in [5, 5.41) is 8.77. The molecule has 5 heteroatoms. The van der Waals surface area contributed by atoms with Gasteiger partial charge in [0.25, 0.3) is 0 Å². The number of esters is 1. The molecule has 0 fully saturated rings. The van der Waals surface area contributed by atoms with Crippen LogP contribution in [0, 0.1) is 11.3 Å². The Kier molecular flexibility index (Phi) is 4.62. The molecule has 0 unspecified atom stereocenters. The Morgan fingerprint density at radius 2 is 2.31 bits per heavy atom. The van der Waals surface area contributed by atoms with Crippen LogP contribution in [0.5, 0.6) is 0 Å². The molecule has 0 atom stereocenters. The Hall–Kier alpha value is -1.73. The highest BCUT2D eigenvalue weighted by Gasteiger charge is 2.10. The lowest BCUT2D eigenvalue weighted by Gasteiger charge is -2.06. The van der Waals surface area contributed by atoms with Crippen LogP contribution in [0.2, 0.25) is 5.02 Å². The molecule has 0 bridgehead atoms. The number of benzene rings is 1. The number of carbonyl (C=O) groups excluding carboxylic acids is 1. The fourth-order valence-electron chi connectivity index (χ4n) is 1.11. The highest BCUT2D eigenvalue weighted by molar-refractivity contribution is 6.31. The lowest BCUT2D eigenvalue weighted by molar-refractivity contribution is 0.0503. The van der Waals surface area contributed by atoms with Crippen molar-refractivity contribution in [3.8, 4) is 6.07 Å². The van der Waals surface area contributed by atoms with Crippen molar-refractivity contribution in [2.75, 3.05) is 12.3 Å². The lowest BCUT2D eigenvalue weighted by atomic mass is 10.2. The van der Waals surface area contributed by atoms with E-state index in [0.717, 1.165) is 0 Å². The van der Waals surface area contributed by atoms with E-state index in [0.29, 0.717) is 23.4 Å². The van der Waals surface area contributed by atoms with Gasteiger partial charge in [0, 0.05) is 17.1 Å². The van der Waals surface area contributed by atoms with E-state index in [-0.39, 0.29) is 12.3 Å². The van der Waals surface area contributed by atoms with Crippen LogP contribution in [-0.4, -0.2) is 12.6 Å². The number of unbranched alkanes of at least 4 members (excludes halogenated alkanes) is 1. The number of nitrogens with two attached hydrogens (primary N) is 1. The van der Waals surface area contributed by atoms with E-state index < -0.39 is 5.97 Å². The lowest BCUT2D eigenvalue weighted by Crippen LogP contribution is -2.09. The van der Waals surface area contributed by atoms with Gasteiger partial charge in [0.2, 0.25) is 0 Å². The number of anilines is 1. The number of nitrogen functional groups attached to an aromatic ring is 1. The molecule has 0 aliphatic rings. The Morgan fingerprint density at radius 1 is 1.56 bits per heavy atom. The molecule has 0 aliphatic heterocycles. The summed E-state index contributed by atoms with van der Waals surface area (Å²) in [6, 6.07) is 6.55. The van der Waals surface area contributed by atoms with E-state index in [1.165, 1.54) is 12.1 Å². The van der Waals surface area contributed by atoms with E-state index >= 15 is 0 Å². The highest BCUT2D eigenvalue weighted by Crippen LogP contribution is 2.18. The first-order valence-corrected chi connectivity index (χ1v) is 5.12. The first-order valence-electron chi connectivity index (χ1n) is 4.74. The minimum Gasteiger partial charge on any atom is -0.462 e. The van der Waals surface area contributed by atoms with Crippen molar-refractivity contribution in [3.63, 3.8) is 0 Å². The maximum atomic E-state index is 11.5. The van der Waals surface area contributed by atoms with Gasteiger partial charge in [0.05, 0.1) is 18.2 Å². The molecule has 0 spiro atoms. The molecule has 1 aromatic rings. The standard InChI is InChI=1S/C11H11ClN2O2/c12-8-3-4-9(10(14)7-8)11(15)16-6-2-1-5-13/h3-4,7H,1-2,6,14H2. The maximum Gasteiger partial charge on any atom is 0.340 e. The van der Waals surface area contributed by atoms with Crippen LogP contribution >= 0.6 is 11.6 Å². The Morgan fingerprint density at radius 3 is 2.94 bits per heavy atom. The Bertz CT molecular complexity index is 426. The maximum absolute atomic E-state index is 11.5. The van der Waals surface area contributed by atoms with E-state index in [2.05, 4.69) is 0 Å². The van der Waals surface area contributed by atoms with E-state index in [1.54, 1.807) is 6.07 Å². The van der Waals surface area contributed by atoms with E-state index in [4.69, 9.17) is 27.3 Å². The minimum atomic E-state index is -0.493. The quantitative estimate of drug-likeness (QED) is 0.496. The molecule has 0 aromatic heterocycles. The summed E-state index contributed by atoms with van der Waals surface area (Å²) in [7, 11) is 0. The molecule has 1 rings (SSSR count). The molecular weight excluding hydrogens is 228 g/mol. The predicted octanol–water partition coefficient (Wildman–Crippen LogP) is 2.38. The van der Waals surface area contributed by atoms with Crippen LogP contribution < -0.4 is 5.73 Å². The van der Waals surface area contributed by atoms with E-state index in [9.17, 15) is 4.79 Å². The van der Waals surface area contributed by atoms with Crippen molar-refractivity contribution in [2.24, 2.45) is 0 Å². The summed E-state index contributed by atoms with van der Waals surface area (Å²) in [6.45, 7) is 0.217. The first-order chi connectivity index (χ1) is 7.65. The van der Waals surface area contributed by atoms with Gasteiger partial charge < -0.3 is 10.5 Å². The molecule has 0 saturated heterocycles. The third-order valence-corrected chi connectivity index (χ3v) is 2.13. The zero-order valence-corrected chi connectivity index (χ0v) is 9.33. The van der Waals surface area contributed by atoms with Gasteiger partial charge in [-0.25, -0.2) is 4.79 Å². The highest BCUT2D eigenvalue weighted by atomic mass is 35.5. The molecule has 1 aromatic carbocycles. The van der Waals surface area contributed by atoms with Crippen molar-refractivity contribution in [1.82, 2.24) is 0 Å². The minimum absolute atomic E-state index is 0.217. The van der Waals surface area contributed by atoms with Gasteiger partial charge in [-0.05, 0) is 24.6 Å². The van der Waals surface area contributed by atoms with Crippen LogP contribution in [0.1, 0.15) is 23.2 Å². The molecule has 4 nitrogen and oxygen atoms in total. The number of rotatable bonds is 4. The van der Waals surface area contributed by atoms with Crippen LogP contribution in [0.4, 0.5) is 5.69 Å². The normalized spacial score (nSPS) is 9.50. The molecule has 0 amide bonds. The fourth-order valence-corrected chi connectivity index (χ4v) is 1.29. The predicted molar refractivity (Wildman–Crippen MR) is 61.0 cm³/mol. The van der Waals surface area contributed by atoms with Crippen molar-refractivity contribution in [2.45, 2.75) is 12.8 Å². The Balaban J connectivity index is 2.57. The number of nitrogens with zero attached hydrogens (tertiary/aromatic N) is 1. The van der Waals surface area contributed by atoms with Crippen LogP contribution in [0.3, 0.4) is 0 Å². The molecule has 0 heterocycles. The summed E-state index contributed by atoms with van der Waals surface area (Å²) in [5.74, 6) is -0.493. The Labute approximate surface area is 98.6 Å². The summed E-state index contributed by atoms with van der Waals surface area (Å²) < 4.78 is 4.94. The van der Waals surface area contributed by atoms with Crippen molar-refractivity contribution < 1.29 is 9.53 Å². The average Bonchev–Trinajstić information content (AvgIpc) is 2.24. The number of hydrogen-bond donors (Lipinski definition) is 1. The zero-order chi connectivity index (χ0) is 12.0. The second-order valence-electron chi connectivity index (χ2n) is 3.13. The molecule has 2 N–H and O–H groups in total. The number of nitriles is 1. The topological polar surface area (TPSA) is 76.1 Å². The fraction of sp³-hybridized carbons (Fsp3) is 0.273.